The Morgan fingerprint density at radius 3 is 2.68 bits per heavy atom. The molecule has 150 valence electrons. The van der Waals surface area contributed by atoms with Gasteiger partial charge >= 0.3 is 0 Å². The number of aliphatic hydroxyl groups is 1. The Morgan fingerprint density at radius 1 is 1.07 bits per heavy atom. The van der Waals surface area contributed by atoms with Crippen molar-refractivity contribution >= 4 is 11.8 Å². The summed E-state index contributed by atoms with van der Waals surface area (Å²) in [5.74, 6) is 1.43. The van der Waals surface area contributed by atoms with Crippen LogP contribution >= 0.6 is 0 Å². The van der Waals surface area contributed by atoms with Gasteiger partial charge in [-0.25, -0.2) is 14.6 Å². The Bertz CT molecular complexity index is 827. The van der Waals surface area contributed by atoms with Gasteiger partial charge in [0.15, 0.2) is 0 Å². The van der Waals surface area contributed by atoms with Crippen molar-refractivity contribution in [2.75, 3.05) is 23.3 Å². The van der Waals surface area contributed by atoms with Gasteiger partial charge in [-0.05, 0) is 44.2 Å². The van der Waals surface area contributed by atoms with Crippen LogP contribution in [0, 0.1) is 0 Å². The number of nitrogens with zero attached hydrogens (tertiary/aromatic N) is 5. The van der Waals surface area contributed by atoms with E-state index in [0.717, 1.165) is 57.4 Å². The van der Waals surface area contributed by atoms with E-state index in [1.165, 1.54) is 11.1 Å². The molecule has 3 heterocycles. The first-order valence-electron chi connectivity index (χ1n) is 10.3. The smallest absolute Gasteiger partial charge is 0.267 e. The number of hydrogen-bond acceptors (Lipinski definition) is 7. The molecular formula is C20H28N6O2. The highest BCUT2D eigenvalue weighted by Crippen LogP contribution is 2.28. The van der Waals surface area contributed by atoms with Crippen LogP contribution in [0.1, 0.15) is 51.0 Å². The molecule has 2 aromatic rings. The topological polar surface area (TPSA) is 96.2 Å². The third-order valence-corrected chi connectivity index (χ3v) is 5.80. The van der Waals surface area contributed by atoms with Gasteiger partial charge in [-0.3, -0.25) is 4.79 Å². The Kier molecular flexibility index (Phi) is 5.85. The lowest BCUT2D eigenvalue weighted by molar-refractivity contribution is 0.0669. The number of aromatic nitrogens is 4. The zero-order chi connectivity index (χ0) is 19.3. The molecule has 1 saturated heterocycles. The van der Waals surface area contributed by atoms with E-state index in [4.69, 9.17) is 0 Å². The number of hydrogen-bond donors (Lipinski definition) is 2. The Morgan fingerprint density at radius 2 is 1.86 bits per heavy atom. The zero-order valence-corrected chi connectivity index (χ0v) is 16.1. The third-order valence-electron chi connectivity index (χ3n) is 5.80. The summed E-state index contributed by atoms with van der Waals surface area (Å²) in [5, 5.41) is 18.4. The van der Waals surface area contributed by atoms with Crippen LogP contribution in [-0.2, 0) is 0 Å². The molecule has 2 N–H and O–H groups in total. The lowest BCUT2D eigenvalue weighted by Crippen LogP contribution is -2.45. The number of nitrogens with one attached hydrogen (secondary N) is 1. The first kappa shape index (κ1) is 18.9. The zero-order valence-electron chi connectivity index (χ0n) is 16.1. The van der Waals surface area contributed by atoms with Crippen molar-refractivity contribution in [1.29, 1.82) is 0 Å². The van der Waals surface area contributed by atoms with Gasteiger partial charge in [0.05, 0.1) is 12.1 Å². The summed E-state index contributed by atoms with van der Waals surface area (Å²) in [4.78, 5) is 23.2. The molecule has 8 nitrogen and oxygen atoms in total. The minimum atomic E-state index is -0.497. The van der Waals surface area contributed by atoms with Crippen molar-refractivity contribution in [3.8, 4) is 0 Å². The monoisotopic (exact) mass is 384 g/mol. The van der Waals surface area contributed by atoms with E-state index in [-0.39, 0.29) is 17.6 Å². The third kappa shape index (κ3) is 4.16. The molecule has 1 saturated carbocycles. The van der Waals surface area contributed by atoms with Gasteiger partial charge in [0.1, 0.15) is 5.82 Å². The van der Waals surface area contributed by atoms with Crippen molar-refractivity contribution in [3.63, 3.8) is 0 Å². The van der Waals surface area contributed by atoms with Crippen molar-refractivity contribution in [2.24, 2.45) is 0 Å². The average Bonchev–Trinajstić information content (AvgIpc) is 2.74. The van der Waals surface area contributed by atoms with Crippen molar-refractivity contribution in [2.45, 2.75) is 63.1 Å². The van der Waals surface area contributed by atoms with Crippen molar-refractivity contribution in [3.05, 3.63) is 40.9 Å². The van der Waals surface area contributed by atoms with Crippen LogP contribution in [0.3, 0.4) is 0 Å². The van der Waals surface area contributed by atoms with E-state index in [9.17, 15) is 9.90 Å². The number of aliphatic hydroxyl groups excluding tert-OH is 1. The fraction of sp³-hybridized carbons (Fsp3) is 0.600. The van der Waals surface area contributed by atoms with Gasteiger partial charge in [-0.1, -0.05) is 12.8 Å². The molecule has 3 atom stereocenters. The number of piperidine rings is 1. The lowest BCUT2D eigenvalue weighted by Gasteiger charge is -2.37. The first-order chi connectivity index (χ1) is 13.7. The molecule has 2 aromatic heterocycles. The molecule has 28 heavy (non-hydrogen) atoms. The fourth-order valence-corrected chi connectivity index (χ4v) is 4.30. The van der Waals surface area contributed by atoms with Crippen LogP contribution in [0.2, 0.25) is 0 Å². The highest BCUT2D eigenvalue weighted by atomic mass is 16.3. The first-order valence-corrected chi connectivity index (χ1v) is 10.3. The fourth-order valence-electron chi connectivity index (χ4n) is 4.30. The Hall–Kier alpha value is -2.48. The molecule has 1 aliphatic heterocycles. The Labute approximate surface area is 164 Å². The average molecular weight is 384 g/mol. The molecular weight excluding hydrogens is 356 g/mol. The van der Waals surface area contributed by atoms with Gasteiger partial charge in [0.2, 0.25) is 5.95 Å². The quantitative estimate of drug-likeness (QED) is 0.814. The lowest BCUT2D eigenvalue weighted by atomic mass is 9.93. The Balaban J connectivity index is 1.54. The molecule has 0 radical (unpaired) electrons. The maximum absolute atomic E-state index is 12.4. The summed E-state index contributed by atoms with van der Waals surface area (Å²) in [6.07, 6.45) is 9.83. The van der Waals surface area contributed by atoms with E-state index in [1.54, 1.807) is 24.5 Å². The second-order valence-electron chi connectivity index (χ2n) is 7.69. The van der Waals surface area contributed by atoms with E-state index in [0.29, 0.717) is 5.95 Å². The van der Waals surface area contributed by atoms with Gasteiger partial charge in [-0.15, -0.1) is 0 Å². The minimum Gasteiger partial charge on any atom is -0.391 e. The number of anilines is 2. The molecule has 0 aromatic carbocycles. The van der Waals surface area contributed by atoms with Gasteiger partial charge in [-0.2, -0.15) is 5.10 Å². The van der Waals surface area contributed by atoms with E-state index in [1.807, 2.05) is 6.07 Å². The van der Waals surface area contributed by atoms with Gasteiger partial charge in [0, 0.05) is 37.6 Å². The highest BCUT2D eigenvalue weighted by Gasteiger charge is 2.28. The van der Waals surface area contributed by atoms with Crippen LogP contribution in [0.25, 0.3) is 0 Å². The molecule has 4 rings (SSSR count). The van der Waals surface area contributed by atoms with E-state index >= 15 is 0 Å². The van der Waals surface area contributed by atoms with Crippen LogP contribution in [0.4, 0.5) is 11.8 Å². The molecule has 2 aliphatic rings. The second-order valence-corrected chi connectivity index (χ2v) is 7.69. The van der Waals surface area contributed by atoms with Crippen molar-refractivity contribution < 1.29 is 5.11 Å². The summed E-state index contributed by atoms with van der Waals surface area (Å²) < 4.78 is 1.51. The molecule has 0 bridgehead atoms. The predicted octanol–water partition coefficient (Wildman–Crippen LogP) is 1.98. The summed E-state index contributed by atoms with van der Waals surface area (Å²) in [6.45, 7) is 1.62. The van der Waals surface area contributed by atoms with Gasteiger partial charge in [0.25, 0.3) is 5.56 Å². The molecule has 0 spiro atoms. The van der Waals surface area contributed by atoms with E-state index in [2.05, 4.69) is 25.3 Å². The molecule has 0 amide bonds. The highest BCUT2D eigenvalue weighted by molar-refractivity contribution is 5.40. The maximum Gasteiger partial charge on any atom is 0.267 e. The summed E-state index contributed by atoms with van der Waals surface area (Å²) in [7, 11) is 0. The molecule has 3 unspecified atom stereocenters. The summed E-state index contributed by atoms with van der Waals surface area (Å²) in [6, 6.07) is 5.23. The normalized spacial score (nSPS) is 25.5. The van der Waals surface area contributed by atoms with E-state index < -0.39 is 6.10 Å². The largest absolute Gasteiger partial charge is 0.391 e. The molecule has 2 fully saturated rings. The SMILES string of the molecule is O=c1ccc(N2CCCCC2CNc2ncccn2)nn1C1CCCCC1O. The summed E-state index contributed by atoms with van der Waals surface area (Å²) in [5.41, 5.74) is -0.140. The van der Waals surface area contributed by atoms with Gasteiger partial charge < -0.3 is 15.3 Å². The number of rotatable bonds is 5. The predicted molar refractivity (Wildman–Crippen MR) is 108 cm³/mol. The second kappa shape index (κ2) is 8.68. The minimum absolute atomic E-state index is 0.140. The maximum atomic E-state index is 12.4. The standard InChI is InChI=1S/C20H28N6O2/c27-17-8-2-1-7-16(17)26-19(28)10-9-18(24-26)25-13-4-3-6-15(25)14-23-20-21-11-5-12-22-20/h5,9-12,15-17,27H,1-4,6-8,13-14H2,(H,21,22,23). The van der Waals surface area contributed by atoms with Crippen LogP contribution in [0.15, 0.2) is 35.4 Å². The summed E-state index contributed by atoms with van der Waals surface area (Å²) >= 11 is 0. The molecule has 1 aliphatic carbocycles. The van der Waals surface area contributed by atoms with Crippen LogP contribution < -0.4 is 15.8 Å². The van der Waals surface area contributed by atoms with Crippen molar-refractivity contribution in [1.82, 2.24) is 19.7 Å². The molecule has 8 heteroatoms. The van der Waals surface area contributed by atoms with Crippen LogP contribution in [-0.4, -0.2) is 50.1 Å². The van der Waals surface area contributed by atoms with Crippen LogP contribution in [0.5, 0.6) is 0 Å².